The van der Waals surface area contributed by atoms with Gasteiger partial charge in [-0.3, -0.25) is 9.59 Å². The van der Waals surface area contributed by atoms with E-state index < -0.39 is 0 Å². The van der Waals surface area contributed by atoms with Gasteiger partial charge in [-0.05, 0) is 38.5 Å². The van der Waals surface area contributed by atoms with E-state index in [1.807, 2.05) is 13.8 Å². The Morgan fingerprint density at radius 3 is 2.27 bits per heavy atom. The van der Waals surface area contributed by atoms with Gasteiger partial charge in [0.05, 0.1) is 23.7 Å². The van der Waals surface area contributed by atoms with Crippen LogP contribution in [0, 0.1) is 17.3 Å². The maximum absolute atomic E-state index is 12.8. The van der Waals surface area contributed by atoms with Crippen molar-refractivity contribution in [2.45, 2.75) is 77.4 Å². The lowest BCUT2D eigenvalue weighted by Crippen LogP contribution is -2.57. The van der Waals surface area contributed by atoms with Crippen molar-refractivity contribution in [3.63, 3.8) is 0 Å². The zero-order chi connectivity index (χ0) is 16.0. The highest BCUT2D eigenvalue weighted by Crippen LogP contribution is 2.57. The number of amides is 1. The fraction of sp³-hybridized carbons (Fsp3) is 0.889. The van der Waals surface area contributed by atoms with Crippen LogP contribution >= 0.6 is 0 Å². The molecule has 0 unspecified atom stereocenters. The molecule has 4 rings (SSSR count). The fourth-order valence-corrected chi connectivity index (χ4v) is 4.66. The summed E-state index contributed by atoms with van der Waals surface area (Å²) in [5.41, 5.74) is -0.460. The smallest absolute Gasteiger partial charge is 0.229 e. The lowest BCUT2D eigenvalue weighted by Gasteiger charge is -2.42. The SMILES string of the molecule is CC(C)C(=O)[C@H](NC(=O)C12COC(C)(C1)C2)C1CCCCC1. The maximum Gasteiger partial charge on any atom is 0.229 e. The number of fused-ring (bicyclic) bond motifs is 1. The van der Waals surface area contributed by atoms with Crippen LogP contribution in [0.4, 0.5) is 0 Å². The van der Waals surface area contributed by atoms with E-state index in [-0.39, 0.29) is 34.7 Å². The molecule has 0 radical (unpaired) electrons. The molecule has 4 fully saturated rings. The highest BCUT2D eigenvalue weighted by molar-refractivity contribution is 5.93. The summed E-state index contributed by atoms with van der Waals surface area (Å²) in [6.07, 6.45) is 7.33. The summed E-state index contributed by atoms with van der Waals surface area (Å²) in [7, 11) is 0. The van der Waals surface area contributed by atoms with Gasteiger partial charge in [0.1, 0.15) is 0 Å². The van der Waals surface area contributed by atoms with Crippen molar-refractivity contribution in [1.82, 2.24) is 5.32 Å². The van der Waals surface area contributed by atoms with E-state index in [4.69, 9.17) is 4.74 Å². The highest BCUT2D eigenvalue weighted by atomic mass is 16.5. The third-order valence-corrected chi connectivity index (χ3v) is 5.89. The Bertz CT molecular complexity index is 459. The van der Waals surface area contributed by atoms with Gasteiger partial charge in [-0.25, -0.2) is 0 Å². The van der Waals surface area contributed by atoms with Crippen molar-refractivity contribution >= 4 is 11.7 Å². The van der Waals surface area contributed by atoms with E-state index >= 15 is 0 Å². The Morgan fingerprint density at radius 2 is 1.77 bits per heavy atom. The minimum Gasteiger partial charge on any atom is -0.374 e. The average molecular weight is 307 g/mol. The lowest BCUT2D eigenvalue weighted by molar-refractivity contribution is -0.140. The molecule has 0 aromatic carbocycles. The second-order valence-electron chi connectivity index (χ2n) is 8.28. The summed E-state index contributed by atoms with van der Waals surface area (Å²) >= 11 is 0. The Morgan fingerprint density at radius 1 is 1.14 bits per heavy atom. The summed E-state index contributed by atoms with van der Waals surface area (Å²) in [6.45, 7) is 6.45. The van der Waals surface area contributed by atoms with E-state index in [9.17, 15) is 9.59 Å². The van der Waals surface area contributed by atoms with Gasteiger partial charge in [0.2, 0.25) is 5.91 Å². The van der Waals surface area contributed by atoms with Gasteiger partial charge >= 0.3 is 0 Å². The summed E-state index contributed by atoms with van der Waals surface area (Å²) < 4.78 is 5.73. The van der Waals surface area contributed by atoms with Crippen LogP contribution in [-0.4, -0.2) is 29.9 Å². The van der Waals surface area contributed by atoms with Gasteiger partial charge in [-0.15, -0.1) is 0 Å². The molecule has 4 nitrogen and oxygen atoms in total. The lowest BCUT2D eigenvalue weighted by atomic mass is 9.62. The number of carbonyl (C=O) groups excluding carboxylic acids is 2. The van der Waals surface area contributed by atoms with Crippen LogP contribution < -0.4 is 5.32 Å². The van der Waals surface area contributed by atoms with Gasteiger partial charge in [0.15, 0.2) is 5.78 Å². The molecule has 22 heavy (non-hydrogen) atoms. The number of nitrogens with one attached hydrogen (secondary N) is 1. The Balaban J connectivity index is 1.69. The van der Waals surface area contributed by atoms with Gasteiger partial charge in [-0.1, -0.05) is 33.1 Å². The largest absolute Gasteiger partial charge is 0.374 e. The molecule has 2 aliphatic carbocycles. The van der Waals surface area contributed by atoms with E-state index in [2.05, 4.69) is 12.2 Å². The van der Waals surface area contributed by atoms with Crippen molar-refractivity contribution in [2.75, 3.05) is 6.61 Å². The second-order valence-corrected chi connectivity index (χ2v) is 8.28. The molecule has 1 amide bonds. The van der Waals surface area contributed by atoms with Crippen molar-refractivity contribution in [3.8, 4) is 0 Å². The molecule has 2 bridgehead atoms. The summed E-state index contributed by atoms with van der Waals surface area (Å²) in [4.78, 5) is 25.4. The quantitative estimate of drug-likeness (QED) is 0.849. The number of hydrogen-bond acceptors (Lipinski definition) is 3. The summed E-state index contributed by atoms with van der Waals surface area (Å²) in [5.74, 6) is 0.527. The molecule has 4 heteroatoms. The molecule has 1 atom stereocenters. The van der Waals surface area contributed by atoms with Crippen LogP contribution in [0.15, 0.2) is 0 Å². The van der Waals surface area contributed by atoms with E-state index in [0.717, 1.165) is 25.7 Å². The van der Waals surface area contributed by atoms with Crippen molar-refractivity contribution in [2.24, 2.45) is 17.3 Å². The molecule has 2 heterocycles. The van der Waals surface area contributed by atoms with Gasteiger partial charge < -0.3 is 10.1 Å². The molecule has 4 aliphatic rings. The van der Waals surface area contributed by atoms with Gasteiger partial charge in [0, 0.05) is 5.92 Å². The number of ketones is 1. The van der Waals surface area contributed by atoms with E-state index in [0.29, 0.717) is 12.5 Å². The third kappa shape index (κ3) is 2.70. The molecule has 2 saturated heterocycles. The first-order valence-electron chi connectivity index (χ1n) is 8.84. The topological polar surface area (TPSA) is 55.4 Å². The second kappa shape index (κ2) is 5.63. The minimum absolute atomic E-state index is 0.0313. The first-order valence-corrected chi connectivity index (χ1v) is 8.84. The molecule has 0 aromatic rings. The van der Waals surface area contributed by atoms with E-state index in [1.54, 1.807) is 0 Å². The Labute approximate surface area is 133 Å². The molecular formula is C18H29NO3. The maximum atomic E-state index is 12.8. The first kappa shape index (κ1) is 16.0. The monoisotopic (exact) mass is 307 g/mol. The predicted molar refractivity (Wildman–Crippen MR) is 84.4 cm³/mol. The minimum atomic E-state index is -0.362. The molecule has 1 N–H and O–H groups in total. The highest BCUT2D eigenvalue weighted by Gasteiger charge is 2.64. The number of ether oxygens (including phenoxy) is 1. The Kier molecular flexibility index (Phi) is 4.09. The van der Waals surface area contributed by atoms with Gasteiger partial charge in [0.25, 0.3) is 0 Å². The fourth-order valence-electron chi connectivity index (χ4n) is 4.66. The summed E-state index contributed by atoms with van der Waals surface area (Å²) in [5, 5.41) is 3.14. The van der Waals surface area contributed by atoms with Crippen LogP contribution in [0.2, 0.25) is 0 Å². The van der Waals surface area contributed by atoms with E-state index in [1.165, 1.54) is 19.3 Å². The number of hydrogen-bond donors (Lipinski definition) is 1. The molecular weight excluding hydrogens is 278 g/mol. The molecule has 2 saturated carbocycles. The molecule has 124 valence electrons. The molecule has 0 spiro atoms. The van der Waals surface area contributed by atoms with Crippen LogP contribution in [0.1, 0.15) is 65.7 Å². The third-order valence-electron chi connectivity index (χ3n) is 5.89. The van der Waals surface area contributed by atoms with Crippen molar-refractivity contribution < 1.29 is 14.3 Å². The normalized spacial score (nSPS) is 36.0. The zero-order valence-corrected chi connectivity index (χ0v) is 14.1. The van der Waals surface area contributed by atoms with Crippen LogP contribution in [0.25, 0.3) is 0 Å². The number of carbonyl (C=O) groups is 2. The number of Topliss-reactive ketones (excluding diaryl/α,β-unsaturated/α-hetero) is 1. The van der Waals surface area contributed by atoms with Crippen LogP contribution in [0.3, 0.4) is 0 Å². The number of rotatable bonds is 5. The van der Waals surface area contributed by atoms with Crippen molar-refractivity contribution in [1.29, 1.82) is 0 Å². The van der Waals surface area contributed by atoms with Gasteiger partial charge in [-0.2, -0.15) is 0 Å². The predicted octanol–water partition coefficient (Wildman–Crippen LogP) is 2.85. The van der Waals surface area contributed by atoms with Crippen molar-refractivity contribution in [3.05, 3.63) is 0 Å². The molecule has 2 aliphatic heterocycles. The van der Waals surface area contributed by atoms with Crippen LogP contribution in [-0.2, 0) is 14.3 Å². The Hall–Kier alpha value is -0.900. The average Bonchev–Trinajstić information content (AvgIpc) is 2.99. The summed E-state index contributed by atoms with van der Waals surface area (Å²) in [6, 6.07) is -0.297. The zero-order valence-electron chi connectivity index (χ0n) is 14.1. The molecule has 0 aromatic heterocycles. The van der Waals surface area contributed by atoms with Crippen LogP contribution in [0.5, 0.6) is 0 Å². The first-order chi connectivity index (χ1) is 10.4. The standard InChI is InChI=1S/C18H29NO3/c1-12(2)15(20)14(13-7-5-4-6-8-13)19-16(21)18-9-17(3,10-18)22-11-18/h12-14H,4-11H2,1-3H3,(H,19,21)/t14-,17?,18?/m1/s1.